The molecule has 1 atom stereocenters. The van der Waals surface area contributed by atoms with Crippen LogP contribution in [0, 0.1) is 25.2 Å². The normalized spacial score (nSPS) is 20.7. The van der Waals surface area contributed by atoms with Gasteiger partial charge in [0.15, 0.2) is 0 Å². The van der Waals surface area contributed by atoms with Crippen LogP contribution in [-0.2, 0) is 4.74 Å². The van der Waals surface area contributed by atoms with Crippen molar-refractivity contribution in [3.8, 4) is 6.07 Å². The third kappa shape index (κ3) is 1.57. The van der Waals surface area contributed by atoms with E-state index in [4.69, 9.17) is 15.7 Å². The van der Waals surface area contributed by atoms with Gasteiger partial charge in [-0.15, -0.1) is 0 Å². The first-order valence-electron chi connectivity index (χ1n) is 5.61. The number of hydrogen-bond donors (Lipinski definition) is 1. The van der Waals surface area contributed by atoms with Crippen LogP contribution in [0.5, 0.6) is 0 Å². The summed E-state index contributed by atoms with van der Waals surface area (Å²) in [6, 6.07) is 2.46. The molecule has 2 rings (SSSR count). The Morgan fingerprint density at radius 1 is 1.50 bits per heavy atom. The van der Waals surface area contributed by atoms with Gasteiger partial charge in [-0.2, -0.15) is 5.26 Å². The smallest absolute Gasteiger partial charge is 0.122 e. The number of nitrogens with zero attached hydrogens (tertiary/aromatic N) is 2. The molecule has 16 heavy (non-hydrogen) atoms. The molecule has 2 N–H and O–H groups in total. The first kappa shape index (κ1) is 11.0. The lowest BCUT2D eigenvalue weighted by Crippen LogP contribution is -2.23. The lowest BCUT2D eigenvalue weighted by Gasteiger charge is -2.26. The lowest BCUT2D eigenvalue weighted by molar-refractivity contribution is 0.0593. The third-order valence-corrected chi connectivity index (χ3v) is 3.41. The quantitative estimate of drug-likeness (QED) is 0.784. The lowest BCUT2D eigenvalue weighted by atomic mass is 10.1. The molecule has 2 heterocycles. The second-order valence-corrected chi connectivity index (χ2v) is 4.32. The largest absolute Gasteiger partial charge is 0.384 e. The summed E-state index contributed by atoms with van der Waals surface area (Å²) in [4.78, 5) is 0. The van der Waals surface area contributed by atoms with Crippen LogP contribution in [-0.4, -0.2) is 17.8 Å². The van der Waals surface area contributed by atoms with E-state index in [1.165, 1.54) is 0 Å². The van der Waals surface area contributed by atoms with Crippen LogP contribution in [0.15, 0.2) is 0 Å². The fourth-order valence-electron chi connectivity index (χ4n) is 2.39. The maximum absolute atomic E-state index is 9.06. The summed E-state index contributed by atoms with van der Waals surface area (Å²) in [7, 11) is 0. The van der Waals surface area contributed by atoms with Gasteiger partial charge in [-0.3, -0.25) is 0 Å². The molecule has 0 saturated carbocycles. The van der Waals surface area contributed by atoms with Gasteiger partial charge in [0, 0.05) is 12.3 Å². The highest BCUT2D eigenvalue weighted by Gasteiger charge is 2.23. The predicted molar refractivity (Wildman–Crippen MR) is 62.1 cm³/mol. The zero-order valence-electron chi connectivity index (χ0n) is 9.79. The topological polar surface area (TPSA) is 64.0 Å². The van der Waals surface area contributed by atoms with Crippen LogP contribution in [0.2, 0.25) is 0 Å². The van der Waals surface area contributed by atoms with Crippen LogP contribution in [0.3, 0.4) is 0 Å². The van der Waals surface area contributed by atoms with E-state index in [0.29, 0.717) is 18.0 Å². The molecule has 0 radical (unpaired) electrons. The van der Waals surface area contributed by atoms with Crippen molar-refractivity contribution < 1.29 is 4.74 Å². The molecule has 1 saturated heterocycles. The van der Waals surface area contributed by atoms with Crippen LogP contribution in [0.4, 0.5) is 5.82 Å². The van der Waals surface area contributed by atoms with E-state index in [2.05, 4.69) is 10.6 Å². The molecule has 0 aromatic carbocycles. The molecule has 1 unspecified atom stereocenters. The second kappa shape index (κ2) is 4.18. The van der Waals surface area contributed by atoms with E-state index in [0.717, 1.165) is 30.7 Å². The van der Waals surface area contributed by atoms with Crippen molar-refractivity contribution in [2.45, 2.75) is 32.7 Å². The van der Waals surface area contributed by atoms with Crippen LogP contribution < -0.4 is 5.73 Å². The maximum atomic E-state index is 9.06. The number of nitrogen functional groups attached to an aromatic ring is 1. The fourth-order valence-corrected chi connectivity index (χ4v) is 2.39. The van der Waals surface area contributed by atoms with E-state index in [9.17, 15) is 0 Å². The standard InChI is InChI=1S/C12H17N3O/c1-8-9(2)15(12(14)11(8)6-13)10-4-3-5-16-7-10/h10H,3-5,7,14H2,1-2H3. The molecule has 1 aliphatic heterocycles. The zero-order chi connectivity index (χ0) is 11.7. The van der Waals surface area contributed by atoms with Gasteiger partial charge >= 0.3 is 0 Å². The average molecular weight is 219 g/mol. The van der Waals surface area contributed by atoms with Crippen LogP contribution >= 0.6 is 0 Å². The molecule has 0 bridgehead atoms. The molecule has 1 aromatic rings. The van der Waals surface area contributed by atoms with Gasteiger partial charge in [0.25, 0.3) is 0 Å². The summed E-state index contributed by atoms with van der Waals surface area (Å²) in [6.45, 7) is 5.50. The Morgan fingerprint density at radius 2 is 2.25 bits per heavy atom. The third-order valence-electron chi connectivity index (χ3n) is 3.41. The van der Waals surface area contributed by atoms with E-state index in [-0.39, 0.29) is 6.04 Å². The van der Waals surface area contributed by atoms with Crippen molar-refractivity contribution in [2.75, 3.05) is 18.9 Å². The van der Waals surface area contributed by atoms with Crippen LogP contribution in [0.25, 0.3) is 0 Å². The van der Waals surface area contributed by atoms with Crippen molar-refractivity contribution in [2.24, 2.45) is 0 Å². The Kier molecular flexibility index (Phi) is 2.88. The molecule has 1 fully saturated rings. The van der Waals surface area contributed by atoms with Crippen molar-refractivity contribution in [3.63, 3.8) is 0 Å². The highest BCUT2D eigenvalue weighted by Crippen LogP contribution is 2.30. The first-order valence-corrected chi connectivity index (χ1v) is 5.61. The van der Waals surface area contributed by atoms with Gasteiger partial charge in [-0.1, -0.05) is 0 Å². The first-order chi connectivity index (χ1) is 7.66. The minimum absolute atomic E-state index is 0.287. The average Bonchev–Trinajstić information content (AvgIpc) is 2.51. The van der Waals surface area contributed by atoms with Gasteiger partial charge in [-0.05, 0) is 32.3 Å². The molecule has 0 spiro atoms. The molecule has 0 aliphatic carbocycles. The Balaban J connectivity index is 2.44. The van der Waals surface area contributed by atoms with Crippen molar-refractivity contribution in [1.29, 1.82) is 5.26 Å². The van der Waals surface area contributed by atoms with E-state index in [1.54, 1.807) is 0 Å². The summed E-state index contributed by atoms with van der Waals surface area (Å²) < 4.78 is 7.53. The Hall–Kier alpha value is -1.47. The number of hydrogen-bond acceptors (Lipinski definition) is 3. The summed E-state index contributed by atoms with van der Waals surface area (Å²) in [6.07, 6.45) is 2.13. The molecular weight excluding hydrogens is 202 g/mol. The summed E-state index contributed by atoms with van der Waals surface area (Å²) in [5, 5.41) is 9.06. The van der Waals surface area contributed by atoms with Crippen molar-refractivity contribution in [1.82, 2.24) is 4.57 Å². The van der Waals surface area contributed by atoms with Crippen molar-refractivity contribution >= 4 is 5.82 Å². The molecule has 86 valence electrons. The van der Waals surface area contributed by atoms with E-state index < -0.39 is 0 Å². The van der Waals surface area contributed by atoms with E-state index in [1.807, 2.05) is 13.8 Å². The second-order valence-electron chi connectivity index (χ2n) is 4.32. The number of ether oxygens (including phenoxy) is 1. The summed E-state index contributed by atoms with van der Waals surface area (Å²) >= 11 is 0. The Bertz CT molecular complexity index is 436. The Morgan fingerprint density at radius 3 is 2.75 bits per heavy atom. The highest BCUT2D eigenvalue weighted by atomic mass is 16.5. The van der Waals surface area contributed by atoms with Gasteiger partial charge in [0.05, 0.1) is 18.2 Å². The minimum Gasteiger partial charge on any atom is -0.384 e. The molecule has 1 aliphatic rings. The SMILES string of the molecule is Cc1c(C#N)c(N)n(C2CCCOC2)c1C. The van der Waals surface area contributed by atoms with Gasteiger partial charge in [0.1, 0.15) is 11.9 Å². The highest BCUT2D eigenvalue weighted by molar-refractivity contribution is 5.58. The van der Waals surface area contributed by atoms with Gasteiger partial charge in [0.2, 0.25) is 0 Å². The molecule has 4 heteroatoms. The fraction of sp³-hybridized carbons (Fsp3) is 0.583. The number of nitriles is 1. The molecular formula is C12H17N3O. The summed E-state index contributed by atoms with van der Waals surface area (Å²) in [5.41, 5.74) is 8.72. The van der Waals surface area contributed by atoms with E-state index >= 15 is 0 Å². The number of nitrogens with two attached hydrogens (primary N) is 1. The van der Waals surface area contributed by atoms with Crippen LogP contribution in [0.1, 0.15) is 35.7 Å². The molecule has 4 nitrogen and oxygen atoms in total. The maximum Gasteiger partial charge on any atom is 0.122 e. The number of anilines is 1. The minimum atomic E-state index is 0.287. The summed E-state index contributed by atoms with van der Waals surface area (Å²) in [5.74, 6) is 0.591. The number of rotatable bonds is 1. The van der Waals surface area contributed by atoms with Crippen molar-refractivity contribution in [3.05, 3.63) is 16.8 Å². The molecule has 1 aromatic heterocycles. The Labute approximate surface area is 95.6 Å². The van der Waals surface area contributed by atoms with Gasteiger partial charge < -0.3 is 15.0 Å². The molecule has 0 amide bonds. The predicted octanol–water partition coefficient (Wildman–Crippen LogP) is 1.91. The zero-order valence-corrected chi connectivity index (χ0v) is 9.79. The monoisotopic (exact) mass is 219 g/mol. The number of aromatic nitrogens is 1. The van der Waals surface area contributed by atoms with Gasteiger partial charge in [-0.25, -0.2) is 0 Å².